The molecular weight excluding hydrogens is 281 g/mol. The Morgan fingerprint density at radius 3 is 2.86 bits per heavy atom. The van der Waals surface area contributed by atoms with Crippen molar-refractivity contribution in [1.82, 2.24) is 5.32 Å². The van der Waals surface area contributed by atoms with Gasteiger partial charge >= 0.3 is 0 Å². The summed E-state index contributed by atoms with van der Waals surface area (Å²) in [6.07, 6.45) is 1.04. The highest BCUT2D eigenvalue weighted by atomic mass is 19.1. The van der Waals surface area contributed by atoms with Crippen LogP contribution in [0.3, 0.4) is 0 Å². The quantitative estimate of drug-likeness (QED) is 0.859. The predicted molar refractivity (Wildman–Crippen MR) is 83.6 cm³/mol. The van der Waals surface area contributed by atoms with Crippen molar-refractivity contribution in [2.75, 3.05) is 13.7 Å². The highest BCUT2D eigenvalue weighted by Crippen LogP contribution is 2.50. The van der Waals surface area contributed by atoms with Gasteiger partial charge in [-0.3, -0.25) is 0 Å². The number of rotatable bonds is 6. The molecule has 22 heavy (non-hydrogen) atoms. The lowest BCUT2D eigenvalue weighted by Crippen LogP contribution is -2.16. The number of phenolic OH excluding ortho intramolecular Hbond substituents is 1. The third-order valence-electron chi connectivity index (χ3n) is 4.23. The summed E-state index contributed by atoms with van der Waals surface area (Å²) in [7, 11) is 1.62. The fourth-order valence-corrected chi connectivity index (χ4v) is 2.90. The number of phenols is 1. The number of benzene rings is 2. The predicted octanol–water partition coefficient (Wildman–Crippen LogP) is 3.43. The molecule has 0 aliphatic heterocycles. The lowest BCUT2D eigenvalue weighted by Gasteiger charge is -2.09. The van der Waals surface area contributed by atoms with Crippen LogP contribution < -0.4 is 10.1 Å². The Hall–Kier alpha value is -2.07. The van der Waals surface area contributed by atoms with Crippen LogP contribution in [-0.4, -0.2) is 18.8 Å². The van der Waals surface area contributed by atoms with Crippen LogP contribution in [0.2, 0.25) is 0 Å². The first kappa shape index (κ1) is 14.9. The van der Waals surface area contributed by atoms with Gasteiger partial charge in [-0.1, -0.05) is 18.2 Å². The number of halogens is 1. The van der Waals surface area contributed by atoms with E-state index in [-0.39, 0.29) is 5.82 Å². The lowest BCUT2D eigenvalue weighted by atomic mass is 10.1. The smallest absolute Gasteiger partial charge is 0.123 e. The SMILES string of the molecule is COc1ccc(F)cc1C1CC1CNCc1ccccc1O. The Labute approximate surface area is 129 Å². The van der Waals surface area contributed by atoms with E-state index in [1.165, 1.54) is 6.07 Å². The zero-order valence-corrected chi connectivity index (χ0v) is 12.6. The number of ether oxygens (including phenoxy) is 1. The molecular formula is C18H20FNO2. The van der Waals surface area contributed by atoms with Gasteiger partial charge in [0.2, 0.25) is 0 Å². The van der Waals surface area contributed by atoms with Crippen molar-refractivity contribution in [2.24, 2.45) is 5.92 Å². The Balaban J connectivity index is 1.55. The normalized spacial score (nSPS) is 19.9. The van der Waals surface area contributed by atoms with Gasteiger partial charge in [-0.25, -0.2) is 4.39 Å². The van der Waals surface area contributed by atoms with Gasteiger partial charge in [0.1, 0.15) is 17.3 Å². The summed E-state index contributed by atoms with van der Waals surface area (Å²) >= 11 is 0. The molecule has 116 valence electrons. The molecule has 2 unspecified atom stereocenters. The van der Waals surface area contributed by atoms with Gasteiger partial charge in [0.05, 0.1) is 7.11 Å². The topological polar surface area (TPSA) is 41.5 Å². The molecule has 1 saturated carbocycles. The maximum Gasteiger partial charge on any atom is 0.123 e. The van der Waals surface area contributed by atoms with E-state index in [0.29, 0.717) is 24.1 Å². The number of aromatic hydroxyl groups is 1. The molecule has 1 fully saturated rings. The minimum absolute atomic E-state index is 0.219. The van der Waals surface area contributed by atoms with Crippen LogP contribution in [0.4, 0.5) is 4.39 Å². The fraction of sp³-hybridized carbons (Fsp3) is 0.333. The molecule has 2 aromatic carbocycles. The lowest BCUT2D eigenvalue weighted by molar-refractivity contribution is 0.407. The van der Waals surface area contributed by atoms with E-state index in [1.807, 2.05) is 18.2 Å². The van der Waals surface area contributed by atoms with E-state index in [0.717, 1.165) is 29.8 Å². The van der Waals surface area contributed by atoms with Gasteiger partial charge < -0.3 is 15.2 Å². The maximum absolute atomic E-state index is 13.4. The summed E-state index contributed by atoms with van der Waals surface area (Å²) in [5, 5.41) is 13.1. The second-order valence-electron chi connectivity index (χ2n) is 5.75. The molecule has 1 aliphatic rings. The van der Waals surface area contributed by atoms with Crippen molar-refractivity contribution < 1.29 is 14.2 Å². The van der Waals surface area contributed by atoms with Crippen molar-refractivity contribution in [3.63, 3.8) is 0 Å². The second-order valence-corrected chi connectivity index (χ2v) is 5.75. The first-order chi connectivity index (χ1) is 10.7. The molecule has 4 heteroatoms. The summed E-state index contributed by atoms with van der Waals surface area (Å²) in [6, 6.07) is 12.0. The van der Waals surface area contributed by atoms with E-state index in [1.54, 1.807) is 25.3 Å². The van der Waals surface area contributed by atoms with Gasteiger partial charge in [-0.15, -0.1) is 0 Å². The van der Waals surface area contributed by atoms with Crippen molar-refractivity contribution in [3.8, 4) is 11.5 Å². The molecule has 0 heterocycles. The van der Waals surface area contributed by atoms with Crippen LogP contribution in [0.5, 0.6) is 11.5 Å². The molecule has 0 saturated heterocycles. The minimum atomic E-state index is -0.219. The number of hydrogen-bond donors (Lipinski definition) is 2. The standard InChI is InChI=1S/C18H20FNO2/c1-22-18-7-6-14(19)9-16(18)15-8-13(15)11-20-10-12-4-2-3-5-17(12)21/h2-7,9,13,15,20-21H,8,10-11H2,1H3. The Morgan fingerprint density at radius 1 is 1.27 bits per heavy atom. The molecule has 0 aromatic heterocycles. The maximum atomic E-state index is 13.4. The molecule has 0 radical (unpaired) electrons. The van der Waals surface area contributed by atoms with Gasteiger partial charge in [-0.2, -0.15) is 0 Å². The zero-order valence-electron chi connectivity index (χ0n) is 12.6. The van der Waals surface area contributed by atoms with E-state index in [4.69, 9.17) is 4.74 Å². The van der Waals surface area contributed by atoms with Crippen LogP contribution in [-0.2, 0) is 6.54 Å². The highest BCUT2D eigenvalue weighted by Gasteiger charge is 2.39. The van der Waals surface area contributed by atoms with Gasteiger partial charge in [0.15, 0.2) is 0 Å². The molecule has 0 bridgehead atoms. The summed E-state index contributed by atoms with van der Waals surface area (Å²) in [5.41, 5.74) is 1.85. The van der Waals surface area contributed by atoms with Crippen LogP contribution in [0.15, 0.2) is 42.5 Å². The third-order valence-corrected chi connectivity index (χ3v) is 4.23. The van der Waals surface area contributed by atoms with E-state index in [9.17, 15) is 9.50 Å². The number of hydrogen-bond acceptors (Lipinski definition) is 3. The molecule has 3 rings (SSSR count). The highest BCUT2D eigenvalue weighted by molar-refractivity contribution is 5.40. The van der Waals surface area contributed by atoms with Crippen molar-refractivity contribution in [3.05, 3.63) is 59.4 Å². The van der Waals surface area contributed by atoms with Gasteiger partial charge in [0.25, 0.3) is 0 Å². The third kappa shape index (κ3) is 3.22. The average Bonchev–Trinajstić information content (AvgIpc) is 3.28. The average molecular weight is 301 g/mol. The molecule has 2 N–H and O–H groups in total. The number of methoxy groups -OCH3 is 1. The summed E-state index contributed by atoms with van der Waals surface area (Å²) in [5.74, 6) is 1.69. The summed E-state index contributed by atoms with van der Waals surface area (Å²) in [6.45, 7) is 1.48. The Kier molecular flexibility index (Phi) is 4.29. The van der Waals surface area contributed by atoms with E-state index in [2.05, 4.69) is 5.32 Å². The minimum Gasteiger partial charge on any atom is -0.508 e. The first-order valence-corrected chi connectivity index (χ1v) is 7.50. The fourth-order valence-electron chi connectivity index (χ4n) is 2.90. The first-order valence-electron chi connectivity index (χ1n) is 7.50. The van der Waals surface area contributed by atoms with Crippen LogP contribution in [0, 0.1) is 11.7 Å². The zero-order chi connectivity index (χ0) is 15.5. The molecule has 0 amide bonds. The van der Waals surface area contributed by atoms with Crippen molar-refractivity contribution >= 4 is 0 Å². The summed E-state index contributed by atoms with van der Waals surface area (Å²) < 4.78 is 18.7. The Morgan fingerprint density at radius 2 is 2.09 bits per heavy atom. The van der Waals surface area contributed by atoms with Crippen LogP contribution >= 0.6 is 0 Å². The second kappa shape index (κ2) is 6.36. The van der Waals surface area contributed by atoms with Crippen LogP contribution in [0.1, 0.15) is 23.5 Å². The van der Waals surface area contributed by atoms with Crippen LogP contribution in [0.25, 0.3) is 0 Å². The van der Waals surface area contributed by atoms with Crippen molar-refractivity contribution in [2.45, 2.75) is 18.9 Å². The Bertz CT molecular complexity index is 659. The molecule has 0 spiro atoms. The molecule has 2 atom stereocenters. The molecule has 2 aromatic rings. The van der Waals surface area contributed by atoms with Gasteiger partial charge in [-0.05, 0) is 49.1 Å². The largest absolute Gasteiger partial charge is 0.508 e. The monoisotopic (exact) mass is 301 g/mol. The van der Waals surface area contributed by atoms with Crippen molar-refractivity contribution in [1.29, 1.82) is 0 Å². The number of para-hydroxylation sites is 1. The molecule has 1 aliphatic carbocycles. The summed E-state index contributed by atoms with van der Waals surface area (Å²) in [4.78, 5) is 0. The van der Waals surface area contributed by atoms with E-state index >= 15 is 0 Å². The van der Waals surface area contributed by atoms with E-state index < -0.39 is 0 Å². The van der Waals surface area contributed by atoms with Gasteiger partial charge in [0, 0.05) is 17.7 Å². The molecule has 3 nitrogen and oxygen atoms in total. The number of nitrogens with one attached hydrogen (secondary N) is 1.